The lowest BCUT2D eigenvalue weighted by Crippen LogP contribution is -2.34. The second-order valence-corrected chi connectivity index (χ2v) is 8.86. The standard InChI is InChI=1S/C27H33N3O3/c1-5-33-27(32)25-19(3)28-24(26(25)31)16-22-15-18(2)30(20(22)4)23-11-13-29(14-12-23)17-21-9-7-6-8-10-21/h6-10,15-16,23,31H,5,11-14,17H2,1-4H3/b24-16+. The van der Waals surface area contributed by atoms with Crippen LogP contribution in [0.5, 0.6) is 0 Å². The molecule has 0 atom stereocenters. The third-order valence-electron chi connectivity index (χ3n) is 6.60. The normalized spacial score (nSPS) is 18.8. The van der Waals surface area contributed by atoms with Crippen molar-refractivity contribution >= 4 is 17.8 Å². The second kappa shape index (κ2) is 9.79. The van der Waals surface area contributed by atoms with Crippen LogP contribution >= 0.6 is 0 Å². The quantitative estimate of drug-likeness (QED) is 0.623. The summed E-state index contributed by atoms with van der Waals surface area (Å²) in [5.41, 5.74) is 5.79. The lowest BCUT2D eigenvalue weighted by Gasteiger charge is -2.34. The first-order valence-corrected chi connectivity index (χ1v) is 11.7. The molecule has 2 aliphatic heterocycles. The van der Waals surface area contributed by atoms with Crippen molar-refractivity contribution in [1.29, 1.82) is 0 Å². The fourth-order valence-electron chi connectivity index (χ4n) is 4.97. The molecule has 0 aliphatic carbocycles. The van der Waals surface area contributed by atoms with Gasteiger partial charge in [-0.3, -0.25) is 4.90 Å². The average Bonchev–Trinajstić information content (AvgIpc) is 3.23. The van der Waals surface area contributed by atoms with Gasteiger partial charge in [0.05, 0.1) is 12.3 Å². The Hall–Kier alpha value is -3.12. The summed E-state index contributed by atoms with van der Waals surface area (Å²) in [7, 11) is 0. The Bertz CT molecular complexity index is 1120. The highest BCUT2D eigenvalue weighted by Gasteiger charge is 2.28. The van der Waals surface area contributed by atoms with E-state index in [0.717, 1.165) is 43.7 Å². The van der Waals surface area contributed by atoms with Gasteiger partial charge in [0.2, 0.25) is 0 Å². The molecule has 1 aromatic heterocycles. The molecule has 0 saturated carbocycles. The molecule has 1 saturated heterocycles. The molecular weight excluding hydrogens is 414 g/mol. The Kier molecular flexibility index (Phi) is 6.84. The van der Waals surface area contributed by atoms with E-state index in [4.69, 9.17) is 4.74 Å². The number of nitrogens with zero attached hydrogens (tertiary/aromatic N) is 3. The number of hydrogen-bond donors (Lipinski definition) is 1. The molecule has 6 heteroatoms. The summed E-state index contributed by atoms with van der Waals surface area (Å²) >= 11 is 0. The third kappa shape index (κ3) is 4.81. The number of aryl methyl sites for hydroxylation is 1. The Balaban J connectivity index is 1.50. The Labute approximate surface area is 195 Å². The van der Waals surface area contributed by atoms with E-state index in [1.54, 1.807) is 13.8 Å². The van der Waals surface area contributed by atoms with E-state index in [2.05, 4.69) is 64.7 Å². The maximum atomic E-state index is 12.2. The maximum Gasteiger partial charge on any atom is 0.343 e. The van der Waals surface area contributed by atoms with Crippen molar-refractivity contribution in [3.05, 3.63) is 75.9 Å². The molecule has 0 unspecified atom stereocenters. The van der Waals surface area contributed by atoms with Gasteiger partial charge in [-0.1, -0.05) is 30.3 Å². The van der Waals surface area contributed by atoms with E-state index < -0.39 is 5.97 Å². The molecule has 2 aliphatic rings. The van der Waals surface area contributed by atoms with Gasteiger partial charge in [-0.2, -0.15) is 0 Å². The first-order chi connectivity index (χ1) is 15.9. The van der Waals surface area contributed by atoms with Crippen molar-refractivity contribution in [1.82, 2.24) is 9.47 Å². The number of aliphatic hydroxyl groups is 1. The zero-order valence-electron chi connectivity index (χ0n) is 20.0. The predicted molar refractivity (Wildman–Crippen MR) is 131 cm³/mol. The van der Waals surface area contributed by atoms with Crippen molar-refractivity contribution in [3.8, 4) is 0 Å². The van der Waals surface area contributed by atoms with Crippen molar-refractivity contribution in [2.75, 3.05) is 19.7 Å². The molecule has 0 spiro atoms. The number of aliphatic hydroxyl groups excluding tert-OH is 1. The maximum absolute atomic E-state index is 12.2. The van der Waals surface area contributed by atoms with Gasteiger partial charge in [-0.25, -0.2) is 9.79 Å². The van der Waals surface area contributed by atoms with Crippen molar-refractivity contribution < 1.29 is 14.6 Å². The number of piperidine rings is 1. The number of carbonyl (C=O) groups is 1. The van der Waals surface area contributed by atoms with E-state index in [-0.39, 0.29) is 17.9 Å². The van der Waals surface area contributed by atoms with Crippen LogP contribution in [0.2, 0.25) is 0 Å². The van der Waals surface area contributed by atoms with Gasteiger partial charge in [-0.05, 0) is 63.8 Å². The molecule has 1 N–H and O–H groups in total. The molecule has 0 radical (unpaired) electrons. The van der Waals surface area contributed by atoms with E-state index in [9.17, 15) is 9.90 Å². The molecule has 0 bridgehead atoms. The second-order valence-electron chi connectivity index (χ2n) is 8.86. The van der Waals surface area contributed by atoms with E-state index in [1.165, 1.54) is 11.3 Å². The fourth-order valence-corrected chi connectivity index (χ4v) is 4.97. The van der Waals surface area contributed by atoms with Gasteiger partial charge in [0.15, 0.2) is 5.76 Å². The van der Waals surface area contributed by atoms with Crippen LogP contribution in [0.4, 0.5) is 0 Å². The van der Waals surface area contributed by atoms with E-state index >= 15 is 0 Å². The molecule has 2 aromatic rings. The highest BCUT2D eigenvalue weighted by molar-refractivity contribution is 6.22. The van der Waals surface area contributed by atoms with Gasteiger partial charge in [0.1, 0.15) is 11.3 Å². The summed E-state index contributed by atoms with van der Waals surface area (Å²) in [4.78, 5) is 19.1. The van der Waals surface area contributed by atoms with Crippen molar-refractivity contribution in [2.45, 2.75) is 53.1 Å². The van der Waals surface area contributed by atoms with Gasteiger partial charge < -0.3 is 14.4 Å². The average molecular weight is 448 g/mol. The number of aromatic nitrogens is 1. The largest absolute Gasteiger partial charge is 0.505 e. The minimum atomic E-state index is -0.535. The Morgan fingerprint density at radius 3 is 2.55 bits per heavy atom. The SMILES string of the molecule is CCOC(=O)C1=C(O)/C(=C\c2cc(C)n(C3CCN(Cc4ccccc4)CC3)c2C)N=C1C. The predicted octanol–water partition coefficient (Wildman–Crippen LogP) is 5.13. The first kappa shape index (κ1) is 23.1. The van der Waals surface area contributed by atoms with Crippen molar-refractivity contribution in [2.24, 2.45) is 4.99 Å². The Morgan fingerprint density at radius 2 is 1.88 bits per heavy atom. The number of rotatable bonds is 6. The van der Waals surface area contributed by atoms with Crippen LogP contribution in [0.1, 0.15) is 55.2 Å². The lowest BCUT2D eigenvalue weighted by molar-refractivity contribution is -0.138. The van der Waals surface area contributed by atoms with Gasteiger partial charge in [0.25, 0.3) is 0 Å². The first-order valence-electron chi connectivity index (χ1n) is 11.7. The third-order valence-corrected chi connectivity index (χ3v) is 6.60. The summed E-state index contributed by atoms with van der Waals surface area (Å²) in [5, 5.41) is 10.6. The number of benzene rings is 1. The summed E-state index contributed by atoms with van der Waals surface area (Å²) in [6.45, 7) is 11.1. The minimum absolute atomic E-state index is 0.107. The van der Waals surface area contributed by atoms with Crippen LogP contribution in [0.3, 0.4) is 0 Å². The van der Waals surface area contributed by atoms with Crippen LogP contribution in [0.15, 0.2) is 58.4 Å². The molecular formula is C27H33N3O3. The van der Waals surface area contributed by atoms with Gasteiger partial charge in [0, 0.05) is 37.1 Å². The number of aliphatic imine (C=N–C) groups is 1. The number of esters is 1. The number of hydrogen-bond acceptors (Lipinski definition) is 5. The molecule has 4 rings (SSSR count). The molecule has 1 fully saturated rings. The summed E-state index contributed by atoms with van der Waals surface area (Å²) < 4.78 is 7.49. The monoisotopic (exact) mass is 447 g/mol. The molecule has 0 amide bonds. The van der Waals surface area contributed by atoms with E-state index in [0.29, 0.717) is 17.5 Å². The zero-order chi connectivity index (χ0) is 23.5. The Morgan fingerprint density at radius 1 is 1.18 bits per heavy atom. The molecule has 1 aromatic carbocycles. The lowest BCUT2D eigenvalue weighted by atomic mass is 10.0. The highest BCUT2D eigenvalue weighted by Crippen LogP contribution is 2.32. The van der Waals surface area contributed by atoms with Crippen molar-refractivity contribution in [3.63, 3.8) is 0 Å². The number of likely N-dealkylation sites (tertiary alicyclic amines) is 1. The smallest absolute Gasteiger partial charge is 0.343 e. The fraction of sp³-hybridized carbons (Fsp3) is 0.407. The van der Waals surface area contributed by atoms with Crippen LogP contribution in [-0.2, 0) is 16.1 Å². The molecule has 33 heavy (non-hydrogen) atoms. The van der Waals surface area contributed by atoms with E-state index in [1.807, 2.05) is 6.08 Å². The molecule has 6 nitrogen and oxygen atoms in total. The highest BCUT2D eigenvalue weighted by atomic mass is 16.5. The molecule has 3 heterocycles. The summed E-state index contributed by atoms with van der Waals surface area (Å²) in [6, 6.07) is 13.2. The van der Waals surface area contributed by atoms with Crippen LogP contribution in [0.25, 0.3) is 6.08 Å². The van der Waals surface area contributed by atoms with Crippen LogP contribution in [0, 0.1) is 13.8 Å². The zero-order valence-corrected chi connectivity index (χ0v) is 20.0. The summed E-state index contributed by atoms with van der Waals surface area (Å²) in [6.07, 6.45) is 4.08. The topological polar surface area (TPSA) is 67.1 Å². The minimum Gasteiger partial charge on any atom is -0.505 e. The van der Waals surface area contributed by atoms with Crippen LogP contribution in [-0.4, -0.2) is 46.0 Å². The van der Waals surface area contributed by atoms with Gasteiger partial charge >= 0.3 is 5.97 Å². The molecule has 174 valence electrons. The number of ether oxygens (including phenoxy) is 1. The van der Waals surface area contributed by atoms with Gasteiger partial charge in [-0.15, -0.1) is 0 Å². The van der Waals surface area contributed by atoms with Crippen LogP contribution < -0.4 is 0 Å². The number of carbonyl (C=O) groups excluding carboxylic acids is 1. The summed E-state index contributed by atoms with van der Waals surface area (Å²) in [5.74, 6) is -0.641.